The SMILES string of the molecule is CCN(CCN)C(=O)c1cc(O)cc(O)c1. The highest BCUT2D eigenvalue weighted by Crippen LogP contribution is 2.21. The fourth-order valence-corrected chi connectivity index (χ4v) is 1.46. The standard InChI is InChI=1S/C11H16N2O3/c1-2-13(4-3-12)11(16)8-5-9(14)7-10(15)6-8/h5-7,14-15H,2-4,12H2,1H3. The lowest BCUT2D eigenvalue weighted by atomic mass is 10.1. The van der Waals surface area contributed by atoms with Crippen LogP contribution in [-0.4, -0.2) is 40.7 Å². The minimum Gasteiger partial charge on any atom is -0.508 e. The second-order valence-electron chi connectivity index (χ2n) is 3.41. The van der Waals surface area contributed by atoms with Gasteiger partial charge in [-0.05, 0) is 19.1 Å². The van der Waals surface area contributed by atoms with Gasteiger partial charge in [0.25, 0.3) is 5.91 Å². The van der Waals surface area contributed by atoms with E-state index >= 15 is 0 Å². The maximum atomic E-state index is 11.9. The number of phenolic OH excluding ortho intramolecular Hbond substituents is 2. The molecule has 0 aliphatic rings. The molecule has 4 N–H and O–H groups in total. The first-order chi connectivity index (χ1) is 7.58. The number of nitrogens with zero attached hydrogens (tertiary/aromatic N) is 1. The average molecular weight is 224 g/mol. The molecule has 5 heteroatoms. The zero-order chi connectivity index (χ0) is 12.1. The number of phenols is 2. The van der Waals surface area contributed by atoms with E-state index in [2.05, 4.69) is 0 Å². The highest BCUT2D eigenvalue weighted by Gasteiger charge is 2.14. The van der Waals surface area contributed by atoms with E-state index in [0.717, 1.165) is 0 Å². The van der Waals surface area contributed by atoms with Crippen molar-refractivity contribution in [2.45, 2.75) is 6.92 Å². The number of hydrogen-bond donors (Lipinski definition) is 3. The number of nitrogens with two attached hydrogens (primary N) is 1. The van der Waals surface area contributed by atoms with Crippen LogP contribution in [0.4, 0.5) is 0 Å². The molecule has 0 heterocycles. The number of likely N-dealkylation sites (N-methyl/N-ethyl adjacent to an activating group) is 1. The predicted octanol–water partition coefficient (Wildman–Crippen LogP) is 0.519. The van der Waals surface area contributed by atoms with E-state index in [1.165, 1.54) is 18.2 Å². The molecule has 0 saturated carbocycles. The molecule has 0 aromatic heterocycles. The van der Waals surface area contributed by atoms with E-state index in [0.29, 0.717) is 19.6 Å². The average Bonchev–Trinajstić information content (AvgIpc) is 2.23. The zero-order valence-electron chi connectivity index (χ0n) is 9.18. The second kappa shape index (κ2) is 5.37. The number of hydrogen-bond acceptors (Lipinski definition) is 4. The Hall–Kier alpha value is -1.75. The van der Waals surface area contributed by atoms with Crippen LogP contribution in [0.15, 0.2) is 18.2 Å². The zero-order valence-corrected chi connectivity index (χ0v) is 9.18. The highest BCUT2D eigenvalue weighted by atomic mass is 16.3. The Morgan fingerprint density at radius 1 is 1.31 bits per heavy atom. The number of benzene rings is 1. The summed E-state index contributed by atoms with van der Waals surface area (Å²) in [6.45, 7) is 3.21. The van der Waals surface area contributed by atoms with E-state index in [9.17, 15) is 15.0 Å². The van der Waals surface area contributed by atoms with Crippen LogP contribution < -0.4 is 5.73 Å². The molecule has 1 amide bonds. The molecule has 5 nitrogen and oxygen atoms in total. The topological polar surface area (TPSA) is 86.8 Å². The first-order valence-corrected chi connectivity index (χ1v) is 5.10. The first kappa shape index (κ1) is 12.3. The van der Waals surface area contributed by atoms with Crippen molar-refractivity contribution >= 4 is 5.91 Å². The number of amides is 1. The molecule has 88 valence electrons. The minimum absolute atomic E-state index is 0.132. The van der Waals surface area contributed by atoms with Crippen LogP contribution in [0.1, 0.15) is 17.3 Å². The number of rotatable bonds is 4. The normalized spacial score (nSPS) is 10.1. The van der Waals surface area contributed by atoms with Gasteiger partial charge in [-0.2, -0.15) is 0 Å². The van der Waals surface area contributed by atoms with Gasteiger partial charge < -0.3 is 20.8 Å². The van der Waals surface area contributed by atoms with Crippen molar-refractivity contribution < 1.29 is 15.0 Å². The van der Waals surface area contributed by atoms with Crippen molar-refractivity contribution in [1.29, 1.82) is 0 Å². The van der Waals surface area contributed by atoms with Gasteiger partial charge in [0.2, 0.25) is 0 Å². The molecular formula is C11H16N2O3. The highest BCUT2D eigenvalue weighted by molar-refractivity contribution is 5.95. The summed E-state index contributed by atoms with van der Waals surface area (Å²) in [5.74, 6) is -0.515. The van der Waals surface area contributed by atoms with E-state index < -0.39 is 0 Å². The van der Waals surface area contributed by atoms with Crippen molar-refractivity contribution in [3.63, 3.8) is 0 Å². The Bertz CT molecular complexity index is 359. The van der Waals surface area contributed by atoms with Crippen molar-refractivity contribution in [2.75, 3.05) is 19.6 Å². The van der Waals surface area contributed by atoms with Gasteiger partial charge in [-0.15, -0.1) is 0 Å². The smallest absolute Gasteiger partial charge is 0.254 e. The van der Waals surface area contributed by atoms with E-state index in [4.69, 9.17) is 5.73 Å². The van der Waals surface area contributed by atoms with Gasteiger partial charge in [0, 0.05) is 31.3 Å². The third-order valence-corrected chi connectivity index (χ3v) is 2.22. The van der Waals surface area contributed by atoms with Crippen LogP contribution in [0.5, 0.6) is 11.5 Å². The van der Waals surface area contributed by atoms with Crippen molar-refractivity contribution in [3.05, 3.63) is 23.8 Å². The molecule has 1 aromatic rings. The predicted molar refractivity (Wildman–Crippen MR) is 60.4 cm³/mol. The summed E-state index contributed by atoms with van der Waals surface area (Å²) >= 11 is 0. The van der Waals surface area contributed by atoms with Crippen LogP contribution >= 0.6 is 0 Å². The van der Waals surface area contributed by atoms with E-state index in [1.54, 1.807) is 4.90 Å². The van der Waals surface area contributed by atoms with Gasteiger partial charge >= 0.3 is 0 Å². The van der Waals surface area contributed by atoms with Gasteiger partial charge in [0.1, 0.15) is 11.5 Å². The van der Waals surface area contributed by atoms with Gasteiger partial charge in [0.15, 0.2) is 0 Å². The van der Waals surface area contributed by atoms with Crippen LogP contribution in [-0.2, 0) is 0 Å². The lowest BCUT2D eigenvalue weighted by molar-refractivity contribution is 0.0768. The third kappa shape index (κ3) is 2.87. The number of aromatic hydroxyl groups is 2. The summed E-state index contributed by atoms with van der Waals surface area (Å²) < 4.78 is 0. The minimum atomic E-state index is -0.251. The summed E-state index contributed by atoms with van der Waals surface area (Å²) in [5.41, 5.74) is 5.65. The lowest BCUT2D eigenvalue weighted by Crippen LogP contribution is -2.35. The Morgan fingerprint density at radius 2 is 1.88 bits per heavy atom. The summed E-state index contributed by atoms with van der Waals surface area (Å²) in [4.78, 5) is 13.5. The van der Waals surface area contributed by atoms with Crippen LogP contribution in [0.25, 0.3) is 0 Å². The first-order valence-electron chi connectivity index (χ1n) is 5.10. The van der Waals surface area contributed by atoms with Gasteiger partial charge in [-0.25, -0.2) is 0 Å². The monoisotopic (exact) mass is 224 g/mol. The molecule has 0 aliphatic heterocycles. The fourth-order valence-electron chi connectivity index (χ4n) is 1.46. The quantitative estimate of drug-likeness (QED) is 0.695. The molecule has 0 saturated heterocycles. The second-order valence-corrected chi connectivity index (χ2v) is 3.41. The summed E-state index contributed by atoms with van der Waals surface area (Å²) in [7, 11) is 0. The Labute approximate surface area is 94.1 Å². The van der Waals surface area contributed by atoms with Crippen LogP contribution in [0.2, 0.25) is 0 Å². The fraction of sp³-hybridized carbons (Fsp3) is 0.364. The molecule has 0 atom stereocenters. The van der Waals surface area contributed by atoms with Gasteiger partial charge in [-0.3, -0.25) is 4.79 Å². The van der Waals surface area contributed by atoms with Gasteiger partial charge in [0.05, 0.1) is 0 Å². The molecule has 0 bridgehead atoms. The van der Waals surface area contributed by atoms with E-state index in [1.807, 2.05) is 6.92 Å². The Kier molecular flexibility index (Phi) is 4.13. The molecule has 16 heavy (non-hydrogen) atoms. The molecule has 0 fully saturated rings. The third-order valence-electron chi connectivity index (χ3n) is 2.22. The van der Waals surface area contributed by atoms with Crippen molar-refractivity contribution in [1.82, 2.24) is 4.90 Å². The maximum Gasteiger partial charge on any atom is 0.254 e. The number of carbonyl (C=O) groups is 1. The summed E-state index contributed by atoms with van der Waals surface area (Å²) in [6, 6.07) is 3.82. The van der Waals surface area contributed by atoms with E-state index in [-0.39, 0.29) is 23.0 Å². The molecule has 0 aliphatic carbocycles. The number of carbonyl (C=O) groups excluding carboxylic acids is 1. The molecule has 1 aromatic carbocycles. The Balaban J connectivity index is 2.94. The maximum absolute atomic E-state index is 11.9. The largest absolute Gasteiger partial charge is 0.508 e. The van der Waals surface area contributed by atoms with Crippen LogP contribution in [0.3, 0.4) is 0 Å². The van der Waals surface area contributed by atoms with Gasteiger partial charge in [-0.1, -0.05) is 0 Å². The lowest BCUT2D eigenvalue weighted by Gasteiger charge is -2.20. The molecule has 0 unspecified atom stereocenters. The molecule has 0 spiro atoms. The summed E-state index contributed by atoms with van der Waals surface area (Å²) in [5, 5.41) is 18.5. The summed E-state index contributed by atoms with van der Waals surface area (Å²) in [6.07, 6.45) is 0. The van der Waals surface area contributed by atoms with Crippen molar-refractivity contribution in [3.8, 4) is 11.5 Å². The van der Waals surface area contributed by atoms with Crippen LogP contribution in [0, 0.1) is 0 Å². The van der Waals surface area contributed by atoms with Crippen molar-refractivity contribution in [2.24, 2.45) is 5.73 Å². The molecular weight excluding hydrogens is 208 g/mol. The molecule has 0 radical (unpaired) electrons. The Morgan fingerprint density at radius 3 is 2.31 bits per heavy atom. The molecule has 1 rings (SSSR count).